The molecule has 1 heterocycles. The number of pyridine rings is 1. The summed E-state index contributed by atoms with van der Waals surface area (Å²) >= 11 is 6.18. The number of hydrogen-bond donors (Lipinski definition) is 0. The van der Waals surface area contributed by atoms with Crippen molar-refractivity contribution in [2.45, 2.75) is 45.1 Å². The van der Waals surface area contributed by atoms with Crippen LogP contribution in [0.15, 0.2) is 12.4 Å². The van der Waals surface area contributed by atoms with Crippen molar-refractivity contribution in [2.24, 2.45) is 0 Å². The largest absolute Gasteiger partial charge is 0.488 e. The maximum atomic E-state index is 6.18. The first kappa shape index (κ1) is 10.7. The maximum absolute atomic E-state index is 6.18. The van der Waals surface area contributed by atoms with E-state index >= 15 is 0 Å². The van der Waals surface area contributed by atoms with Crippen molar-refractivity contribution in [2.75, 3.05) is 0 Å². The third-order valence-electron chi connectivity index (χ3n) is 2.43. The predicted molar refractivity (Wildman–Crippen MR) is 61.6 cm³/mol. The first-order valence-corrected chi connectivity index (χ1v) is 5.67. The summed E-state index contributed by atoms with van der Waals surface area (Å²) in [5.41, 5.74) is 1.05. The molecule has 0 spiro atoms. The molecule has 0 N–H and O–H groups in total. The SMILES string of the molecule is CC(C)(C)c1c(Cl)cncc1OC1CC1. The molecule has 1 aliphatic carbocycles. The van der Waals surface area contributed by atoms with Crippen molar-refractivity contribution in [1.82, 2.24) is 4.98 Å². The molecular weight excluding hydrogens is 210 g/mol. The van der Waals surface area contributed by atoms with E-state index in [1.54, 1.807) is 12.4 Å². The predicted octanol–water partition coefficient (Wildman–Crippen LogP) is 3.57. The molecule has 82 valence electrons. The minimum atomic E-state index is -0.00968. The first-order valence-electron chi connectivity index (χ1n) is 5.29. The van der Waals surface area contributed by atoms with Crippen LogP contribution in [-0.2, 0) is 5.41 Å². The van der Waals surface area contributed by atoms with Crippen molar-refractivity contribution >= 4 is 11.6 Å². The second-order valence-electron chi connectivity index (χ2n) is 5.06. The van der Waals surface area contributed by atoms with E-state index in [-0.39, 0.29) is 5.41 Å². The monoisotopic (exact) mass is 225 g/mol. The van der Waals surface area contributed by atoms with Crippen LogP contribution in [0.2, 0.25) is 5.02 Å². The summed E-state index contributed by atoms with van der Waals surface area (Å²) in [6, 6.07) is 0. The summed E-state index contributed by atoms with van der Waals surface area (Å²) in [4.78, 5) is 4.08. The Bertz CT molecular complexity index is 366. The zero-order chi connectivity index (χ0) is 11.1. The quantitative estimate of drug-likeness (QED) is 0.768. The Balaban J connectivity index is 2.38. The molecule has 0 aliphatic heterocycles. The fourth-order valence-electron chi connectivity index (χ4n) is 1.60. The minimum Gasteiger partial charge on any atom is -0.488 e. The summed E-state index contributed by atoms with van der Waals surface area (Å²) in [6.07, 6.45) is 6.13. The number of rotatable bonds is 2. The number of halogens is 1. The summed E-state index contributed by atoms with van der Waals surface area (Å²) in [5.74, 6) is 0.845. The molecule has 1 aromatic rings. The zero-order valence-corrected chi connectivity index (χ0v) is 10.1. The minimum absolute atomic E-state index is 0.00968. The van der Waals surface area contributed by atoms with Crippen LogP contribution in [0.1, 0.15) is 39.2 Å². The van der Waals surface area contributed by atoms with E-state index in [1.165, 1.54) is 0 Å². The van der Waals surface area contributed by atoms with Crippen molar-refractivity contribution < 1.29 is 4.74 Å². The van der Waals surface area contributed by atoms with Crippen molar-refractivity contribution in [3.05, 3.63) is 23.0 Å². The number of nitrogens with zero attached hydrogens (tertiary/aromatic N) is 1. The maximum Gasteiger partial charge on any atom is 0.143 e. The second kappa shape index (κ2) is 3.67. The Morgan fingerprint density at radius 2 is 2.00 bits per heavy atom. The molecular formula is C12H16ClNO. The van der Waals surface area contributed by atoms with Crippen molar-refractivity contribution in [3.63, 3.8) is 0 Å². The molecule has 3 heteroatoms. The summed E-state index contributed by atoms with van der Waals surface area (Å²) in [6.45, 7) is 6.40. The average molecular weight is 226 g/mol. The molecule has 0 aromatic carbocycles. The van der Waals surface area contributed by atoms with Crippen LogP contribution in [0.25, 0.3) is 0 Å². The van der Waals surface area contributed by atoms with Gasteiger partial charge in [0.1, 0.15) is 5.75 Å². The molecule has 1 aliphatic rings. The second-order valence-corrected chi connectivity index (χ2v) is 5.47. The highest BCUT2D eigenvalue weighted by molar-refractivity contribution is 6.31. The topological polar surface area (TPSA) is 22.1 Å². The van der Waals surface area contributed by atoms with Gasteiger partial charge in [-0.05, 0) is 18.3 Å². The van der Waals surface area contributed by atoms with Gasteiger partial charge in [-0.1, -0.05) is 32.4 Å². The molecule has 0 bridgehead atoms. The Kier molecular flexibility index (Phi) is 2.63. The molecule has 0 radical (unpaired) electrons. The summed E-state index contributed by atoms with van der Waals surface area (Å²) < 4.78 is 5.82. The Hall–Kier alpha value is -0.760. The van der Waals surface area contributed by atoms with Crippen LogP contribution in [0.5, 0.6) is 5.75 Å². The van der Waals surface area contributed by atoms with Crippen LogP contribution in [0.4, 0.5) is 0 Å². The Morgan fingerprint density at radius 3 is 2.53 bits per heavy atom. The van der Waals surface area contributed by atoms with Gasteiger partial charge in [0, 0.05) is 11.8 Å². The van der Waals surface area contributed by atoms with E-state index in [2.05, 4.69) is 25.8 Å². The van der Waals surface area contributed by atoms with Gasteiger partial charge in [-0.25, -0.2) is 0 Å². The number of hydrogen-bond acceptors (Lipinski definition) is 2. The normalized spacial score (nSPS) is 16.5. The lowest BCUT2D eigenvalue weighted by atomic mass is 9.87. The Morgan fingerprint density at radius 1 is 1.33 bits per heavy atom. The molecule has 1 fully saturated rings. The van der Waals surface area contributed by atoms with E-state index in [4.69, 9.17) is 16.3 Å². The smallest absolute Gasteiger partial charge is 0.143 e. The molecule has 15 heavy (non-hydrogen) atoms. The Labute approximate surface area is 95.6 Å². The first-order chi connectivity index (χ1) is 6.98. The van der Waals surface area contributed by atoms with E-state index < -0.39 is 0 Å². The van der Waals surface area contributed by atoms with Gasteiger partial charge in [0.15, 0.2) is 0 Å². The van der Waals surface area contributed by atoms with E-state index in [9.17, 15) is 0 Å². The average Bonchev–Trinajstić information content (AvgIpc) is 2.85. The molecule has 0 atom stereocenters. The summed E-state index contributed by atoms with van der Waals surface area (Å²) in [5, 5.41) is 0.695. The molecule has 1 aromatic heterocycles. The fraction of sp³-hybridized carbons (Fsp3) is 0.583. The molecule has 2 rings (SSSR count). The van der Waals surface area contributed by atoms with Gasteiger partial charge in [0.2, 0.25) is 0 Å². The van der Waals surface area contributed by atoms with Crippen molar-refractivity contribution in [1.29, 1.82) is 0 Å². The summed E-state index contributed by atoms with van der Waals surface area (Å²) in [7, 11) is 0. The van der Waals surface area contributed by atoms with Gasteiger partial charge in [-0.2, -0.15) is 0 Å². The van der Waals surface area contributed by atoms with Gasteiger partial charge in [-0.3, -0.25) is 4.98 Å². The number of aromatic nitrogens is 1. The molecule has 2 nitrogen and oxygen atoms in total. The lowest BCUT2D eigenvalue weighted by molar-refractivity contribution is 0.293. The van der Waals surface area contributed by atoms with Crippen LogP contribution >= 0.6 is 11.6 Å². The van der Waals surface area contributed by atoms with Crippen LogP contribution in [0, 0.1) is 0 Å². The van der Waals surface area contributed by atoms with E-state index in [1.807, 2.05) is 0 Å². The number of ether oxygens (including phenoxy) is 1. The van der Waals surface area contributed by atoms with Crippen molar-refractivity contribution in [3.8, 4) is 5.75 Å². The molecule has 0 amide bonds. The zero-order valence-electron chi connectivity index (χ0n) is 9.38. The molecule has 0 saturated heterocycles. The van der Waals surface area contributed by atoms with Crippen LogP contribution in [0.3, 0.4) is 0 Å². The van der Waals surface area contributed by atoms with E-state index in [0.29, 0.717) is 11.1 Å². The van der Waals surface area contributed by atoms with Crippen LogP contribution < -0.4 is 4.74 Å². The standard InChI is InChI=1S/C12H16ClNO/c1-12(2,3)11-9(13)6-14-7-10(11)15-8-4-5-8/h6-8H,4-5H2,1-3H3. The molecule has 0 unspecified atom stereocenters. The lowest BCUT2D eigenvalue weighted by Gasteiger charge is -2.23. The lowest BCUT2D eigenvalue weighted by Crippen LogP contribution is -2.15. The van der Waals surface area contributed by atoms with Gasteiger partial charge < -0.3 is 4.74 Å². The van der Waals surface area contributed by atoms with Gasteiger partial charge in [-0.15, -0.1) is 0 Å². The molecule has 1 saturated carbocycles. The van der Waals surface area contributed by atoms with Gasteiger partial charge in [0.25, 0.3) is 0 Å². The van der Waals surface area contributed by atoms with E-state index in [0.717, 1.165) is 24.2 Å². The third-order valence-corrected chi connectivity index (χ3v) is 2.72. The highest BCUT2D eigenvalue weighted by Crippen LogP contribution is 2.38. The third kappa shape index (κ3) is 2.43. The highest BCUT2D eigenvalue weighted by atomic mass is 35.5. The van der Waals surface area contributed by atoms with Crippen LogP contribution in [-0.4, -0.2) is 11.1 Å². The highest BCUT2D eigenvalue weighted by Gasteiger charge is 2.28. The van der Waals surface area contributed by atoms with Gasteiger partial charge in [0.05, 0.1) is 17.3 Å². The fourth-order valence-corrected chi connectivity index (χ4v) is 2.03. The van der Waals surface area contributed by atoms with Gasteiger partial charge >= 0.3 is 0 Å².